The predicted molar refractivity (Wildman–Crippen MR) is 87.3 cm³/mol. The Bertz CT molecular complexity index is 853. The van der Waals surface area contributed by atoms with E-state index in [-0.39, 0.29) is 5.91 Å². The minimum absolute atomic E-state index is 0.353. The highest BCUT2D eigenvalue weighted by molar-refractivity contribution is 5.91. The first-order valence-electron chi connectivity index (χ1n) is 7.39. The van der Waals surface area contributed by atoms with Crippen LogP contribution < -0.4 is 5.32 Å². The minimum atomic E-state index is -0.694. The molecule has 2 aromatic heterocycles. The van der Waals surface area contributed by atoms with Crippen LogP contribution in [0.1, 0.15) is 23.2 Å². The van der Waals surface area contributed by atoms with Gasteiger partial charge in [0.05, 0.1) is 6.26 Å². The van der Waals surface area contributed by atoms with E-state index in [4.69, 9.17) is 4.42 Å². The van der Waals surface area contributed by atoms with E-state index in [1.807, 2.05) is 0 Å². The van der Waals surface area contributed by atoms with E-state index in [9.17, 15) is 9.18 Å². The number of nitrogens with zero attached hydrogens (tertiary/aromatic N) is 2. The van der Waals surface area contributed by atoms with Crippen LogP contribution in [0.5, 0.6) is 0 Å². The third kappa shape index (κ3) is 3.43. The molecule has 122 valence electrons. The van der Waals surface area contributed by atoms with Crippen molar-refractivity contribution < 1.29 is 13.6 Å². The van der Waals surface area contributed by atoms with Crippen molar-refractivity contribution in [2.24, 2.45) is 7.05 Å². The molecular weight excluding hydrogens is 309 g/mol. The molecule has 1 N–H and O–H groups in total. The van der Waals surface area contributed by atoms with Gasteiger partial charge >= 0.3 is 0 Å². The third-order valence-corrected chi connectivity index (χ3v) is 3.56. The van der Waals surface area contributed by atoms with Gasteiger partial charge in [0.15, 0.2) is 0 Å². The number of hydrogen-bond donors (Lipinski definition) is 1. The lowest BCUT2D eigenvalue weighted by Gasteiger charge is -2.18. The predicted octanol–water partition coefficient (Wildman–Crippen LogP) is 3.07. The van der Waals surface area contributed by atoms with Crippen molar-refractivity contribution in [1.82, 2.24) is 14.9 Å². The molecular formula is C18H16FN3O2. The molecule has 1 amide bonds. The second-order valence-corrected chi connectivity index (χ2v) is 5.21. The fraction of sp³-hybridized carbons (Fsp3) is 0.111. The number of nitrogens with one attached hydrogen (secondary N) is 1. The first-order chi connectivity index (χ1) is 11.6. The number of aromatic nitrogens is 2. The van der Waals surface area contributed by atoms with Gasteiger partial charge in [0.2, 0.25) is 5.91 Å². The maximum absolute atomic E-state index is 14.2. The fourth-order valence-corrected chi connectivity index (χ4v) is 2.38. The number of carbonyl (C=O) groups excluding carboxylic acids is 1. The molecule has 0 fully saturated rings. The largest absolute Gasteiger partial charge is 0.465 e. The Morgan fingerprint density at radius 1 is 1.33 bits per heavy atom. The monoisotopic (exact) mass is 325 g/mol. The molecule has 3 rings (SSSR count). The average molecular weight is 325 g/mol. The van der Waals surface area contributed by atoms with Gasteiger partial charge in [-0.25, -0.2) is 9.37 Å². The van der Waals surface area contributed by atoms with Crippen molar-refractivity contribution in [1.29, 1.82) is 0 Å². The number of aryl methyl sites for hydroxylation is 1. The molecule has 0 radical (unpaired) electrons. The molecule has 0 spiro atoms. The number of imidazole rings is 1. The Balaban J connectivity index is 1.87. The molecule has 5 nitrogen and oxygen atoms in total. The maximum Gasteiger partial charge on any atom is 0.244 e. The number of rotatable bonds is 5. The molecule has 0 bridgehead atoms. The summed E-state index contributed by atoms with van der Waals surface area (Å²) >= 11 is 0. The molecule has 6 heteroatoms. The molecule has 0 aliphatic carbocycles. The summed E-state index contributed by atoms with van der Waals surface area (Å²) in [6.45, 7) is 0. The zero-order valence-electron chi connectivity index (χ0n) is 13.0. The summed E-state index contributed by atoms with van der Waals surface area (Å²) in [6, 6.07) is 9.08. The first-order valence-corrected chi connectivity index (χ1v) is 7.39. The van der Waals surface area contributed by atoms with Gasteiger partial charge in [0, 0.05) is 31.1 Å². The fourth-order valence-electron chi connectivity index (χ4n) is 2.38. The van der Waals surface area contributed by atoms with Gasteiger partial charge < -0.3 is 14.3 Å². The van der Waals surface area contributed by atoms with Crippen LogP contribution in [0.15, 0.2) is 65.5 Å². The second-order valence-electron chi connectivity index (χ2n) is 5.21. The molecule has 3 aromatic rings. The molecule has 24 heavy (non-hydrogen) atoms. The molecule has 0 aliphatic heterocycles. The third-order valence-electron chi connectivity index (χ3n) is 3.56. The standard InChI is InChI=1S/C18H16FN3O2/c1-22-11-10-20-18(22)17(14-6-2-3-7-15(14)19)21-16(23)9-8-13-5-4-12-24-13/h2-12,17H,1H3,(H,21,23)/b9-8+. The Morgan fingerprint density at radius 3 is 2.83 bits per heavy atom. The van der Waals surface area contributed by atoms with Crippen molar-refractivity contribution in [2.45, 2.75) is 6.04 Å². The molecule has 0 saturated heterocycles. The molecule has 0 saturated carbocycles. The Labute approximate surface area is 138 Å². The summed E-state index contributed by atoms with van der Waals surface area (Å²) in [6.07, 6.45) is 7.76. The smallest absolute Gasteiger partial charge is 0.244 e. The number of halogens is 1. The van der Waals surface area contributed by atoms with E-state index >= 15 is 0 Å². The van der Waals surface area contributed by atoms with Gasteiger partial charge in [0.1, 0.15) is 23.4 Å². The van der Waals surface area contributed by atoms with Crippen molar-refractivity contribution >= 4 is 12.0 Å². The van der Waals surface area contributed by atoms with Crippen LogP contribution in [0, 0.1) is 5.82 Å². The van der Waals surface area contributed by atoms with E-state index < -0.39 is 11.9 Å². The van der Waals surface area contributed by atoms with Gasteiger partial charge in [0.25, 0.3) is 0 Å². The van der Waals surface area contributed by atoms with Crippen LogP contribution in [-0.2, 0) is 11.8 Å². The average Bonchev–Trinajstić information content (AvgIpc) is 3.23. The molecule has 2 heterocycles. The summed E-state index contributed by atoms with van der Waals surface area (Å²) in [7, 11) is 1.79. The SMILES string of the molecule is Cn1ccnc1C(NC(=O)/C=C/c1ccco1)c1ccccc1F. The van der Waals surface area contributed by atoms with Gasteiger partial charge in [-0.15, -0.1) is 0 Å². The Hall–Kier alpha value is -3.15. The van der Waals surface area contributed by atoms with Crippen molar-refractivity contribution in [3.63, 3.8) is 0 Å². The zero-order chi connectivity index (χ0) is 16.9. The summed E-state index contributed by atoms with van der Waals surface area (Å²) in [5.74, 6) is 0.327. The number of hydrogen-bond acceptors (Lipinski definition) is 3. The maximum atomic E-state index is 14.2. The van der Waals surface area contributed by atoms with Crippen LogP contribution in [0.3, 0.4) is 0 Å². The van der Waals surface area contributed by atoms with Gasteiger partial charge in [-0.2, -0.15) is 0 Å². The highest BCUT2D eigenvalue weighted by atomic mass is 19.1. The van der Waals surface area contributed by atoms with E-state index in [0.29, 0.717) is 17.1 Å². The summed E-state index contributed by atoms with van der Waals surface area (Å²) in [5.41, 5.74) is 0.353. The normalized spacial score (nSPS) is 12.4. The number of carbonyl (C=O) groups is 1. The lowest BCUT2D eigenvalue weighted by atomic mass is 10.1. The Morgan fingerprint density at radius 2 is 2.17 bits per heavy atom. The number of furan rings is 1. The van der Waals surface area contributed by atoms with Crippen LogP contribution >= 0.6 is 0 Å². The van der Waals surface area contributed by atoms with Gasteiger partial charge in [-0.1, -0.05) is 18.2 Å². The van der Waals surface area contributed by atoms with Gasteiger partial charge in [-0.05, 0) is 24.3 Å². The quantitative estimate of drug-likeness (QED) is 0.733. The van der Waals surface area contributed by atoms with Crippen LogP contribution in [0.4, 0.5) is 4.39 Å². The van der Waals surface area contributed by atoms with Crippen LogP contribution in [0.2, 0.25) is 0 Å². The summed E-state index contributed by atoms with van der Waals surface area (Å²) < 4.78 is 21.1. The number of amides is 1. The second kappa shape index (κ2) is 6.95. The first kappa shape index (κ1) is 15.7. The Kier molecular flexibility index (Phi) is 4.56. The van der Waals surface area contributed by atoms with E-state index in [1.54, 1.807) is 60.4 Å². The van der Waals surface area contributed by atoms with Crippen LogP contribution in [0.25, 0.3) is 6.08 Å². The van der Waals surface area contributed by atoms with Crippen LogP contribution in [-0.4, -0.2) is 15.5 Å². The molecule has 1 aromatic carbocycles. The van der Waals surface area contributed by atoms with E-state index in [1.165, 1.54) is 18.4 Å². The minimum Gasteiger partial charge on any atom is -0.465 e. The highest BCUT2D eigenvalue weighted by Gasteiger charge is 2.22. The van der Waals surface area contributed by atoms with Crippen molar-refractivity contribution in [3.05, 3.63) is 84.1 Å². The lowest BCUT2D eigenvalue weighted by molar-refractivity contribution is -0.117. The van der Waals surface area contributed by atoms with Crippen molar-refractivity contribution in [3.8, 4) is 0 Å². The van der Waals surface area contributed by atoms with E-state index in [2.05, 4.69) is 10.3 Å². The molecule has 1 atom stereocenters. The van der Waals surface area contributed by atoms with Gasteiger partial charge in [-0.3, -0.25) is 4.79 Å². The molecule has 1 unspecified atom stereocenters. The number of benzene rings is 1. The zero-order valence-corrected chi connectivity index (χ0v) is 13.0. The lowest BCUT2D eigenvalue weighted by Crippen LogP contribution is -2.30. The van der Waals surface area contributed by atoms with Crippen molar-refractivity contribution in [2.75, 3.05) is 0 Å². The highest BCUT2D eigenvalue weighted by Crippen LogP contribution is 2.23. The van der Waals surface area contributed by atoms with E-state index in [0.717, 1.165) is 0 Å². The summed E-state index contributed by atoms with van der Waals surface area (Å²) in [4.78, 5) is 16.5. The topological polar surface area (TPSA) is 60.1 Å². The summed E-state index contributed by atoms with van der Waals surface area (Å²) in [5, 5.41) is 2.79. The molecule has 0 aliphatic rings.